The van der Waals surface area contributed by atoms with E-state index in [0.29, 0.717) is 29.2 Å². The van der Waals surface area contributed by atoms with Crippen molar-refractivity contribution in [3.05, 3.63) is 28.8 Å². The molecule has 1 aromatic rings. The van der Waals surface area contributed by atoms with Crippen LogP contribution in [0.3, 0.4) is 0 Å². The number of benzene rings is 1. The summed E-state index contributed by atoms with van der Waals surface area (Å²) in [5, 5.41) is 18.1. The standard InChI is InChI=1S/C12H11ClN2O2/c13-11-4-10(2-1-9(11)5-14)15-6-8(7-16)3-12(15)17/h1-2,4,8,16H,3,6-7H2. The highest BCUT2D eigenvalue weighted by molar-refractivity contribution is 6.32. The Bertz CT molecular complexity index is 496. The fraction of sp³-hybridized carbons (Fsp3) is 0.333. The van der Waals surface area contributed by atoms with Gasteiger partial charge in [0.1, 0.15) is 6.07 Å². The molecule has 0 bridgehead atoms. The van der Waals surface area contributed by atoms with Crippen molar-refractivity contribution in [1.29, 1.82) is 5.26 Å². The van der Waals surface area contributed by atoms with E-state index in [4.69, 9.17) is 22.0 Å². The zero-order chi connectivity index (χ0) is 12.4. The quantitative estimate of drug-likeness (QED) is 0.866. The van der Waals surface area contributed by atoms with E-state index >= 15 is 0 Å². The average molecular weight is 251 g/mol. The second-order valence-electron chi connectivity index (χ2n) is 4.03. The molecule has 1 fully saturated rings. The number of aliphatic hydroxyl groups is 1. The van der Waals surface area contributed by atoms with E-state index in [1.54, 1.807) is 23.1 Å². The Morgan fingerprint density at radius 1 is 1.59 bits per heavy atom. The normalized spacial score (nSPS) is 19.5. The lowest BCUT2D eigenvalue weighted by Crippen LogP contribution is -2.24. The van der Waals surface area contributed by atoms with Gasteiger partial charge < -0.3 is 10.0 Å². The summed E-state index contributed by atoms with van der Waals surface area (Å²) in [7, 11) is 0. The lowest BCUT2D eigenvalue weighted by molar-refractivity contribution is -0.117. The van der Waals surface area contributed by atoms with Crippen LogP contribution in [-0.2, 0) is 4.79 Å². The third-order valence-electron chi connectivity index (χ3n) is 2.85. The second-order valence-corrected chi connectivity index (χ2v) is 4.44. The van der Waals surface area contributed by atoms with Crippen molar-refractivity contribution in [2.75, 3.05) is 18.1 Å². The maximum atomic E-state index is 11.7. The van der Waals surface area contributed by atoms with Crippen LogP contribution in [0, 0.1) is 17.2 Å². The van der Waals surface area contributed by atoms with Gasteiger partial charge in [0.15, 0.2) is 0 Å². The first-order valence-electron chi connectivity index (χ1n) is 5.26. The molecule has 0 radical (unpaired) electrons. The zero-order valence-corrected chi connectivity index (χ0v) is 9.81. The summed E-state index contributed by atoms with van der Waals surface area (Å²) in [6.07, 6.45) is 0.355. The van der Waals surface area contributed by atoms with Crippen molar-refractivity contribution in [2.24, 2.45) is 5.92 Å². The summed E-state index contributed by atoms with van der Waals surface area (Å²) in [5.41, 5.74) is 1.07. The number of amides is 1. The number of aliphatic hydroxyl groups excluding tert-OH is 1. The molecule has 1 N–H and O–H groups in total. The van der Waals surface area contributed by atoms with Crippen molar-refractivity contribution >= 4 is 23.2 Å². The first kappa shape index (κ1) is 11.9. The SMILES string of the molecule is N#Cc1ccc(N2CC(CO)CC2=O)cc1Cl. The number of halogens is 1. The van der Waals surface area contributed by atoms with Crippen LogP contribution >= 0.6 is 11.6 Å². The minimum Gasteiger partial charge on any atom is -0.396 e. The van der Waals surface area contributed by atoms with Gasteiger partial charge in [-0.3, -0.25) is 4.79 Å². The van der Waals surface area contributed by atoms with Gasteiger partial charge >= 0.3 is 0 Å². The molecule has 0 spiro atoms. The summed E-state index contributed by atoms with van der Waals surface area (Å²) < 4.78 is 0. The number of hydrogen-bond acceptors (Lipinski definition) is 3. The van der Waals surface area contributed by atoms with Crippen LogP contribution in [0.15, 0.2) is 18.2 Å². The third kappa shape index (κ3) is 2.26. The topological polar surface area (TPSA) is 64.3 Å². The van der Waals surface area contributed by atoms with Crippen LogP contribution < -0.4 is 4.90 Å². The lowest BCUT2D eigenvalue weighted by atomic mass is 10.1. The minimum absolute atomic E-state index is 0.00620. The Morgan fingerprint density at radius 2 is 2.35 bits per heavy atom. The van der Waals surface area contributed by atoms with E-state index in [9.17, 15) is 4.79 Å². The average Bonchev–Trinajstić information content (AvgIpc) is 2.70. The molecule has 2 rings (SSSR count). The zero-order valence-electron chi connectivity index (χ0n) is 9.06. The van der Waals surface area contributed by atoms with Crippen molar-refractivity contribution in [2.45, 2.75) is 6.42 Å². The summed E-state index contributed by atoms with van der Waals surface area (Å²) in [4.78, 5) is 13.3. The molecular formula is C12H11ClN2O2. The van der Waals surface area contributed by atoms with E-state index < -0.39 is 0 Å². The van der Waals surface area contributed by atoms with Gasteiger partial charge in [0.05, 0.1) is 10.6 Å². The van der Waals surface area contributed by atoms with E-state index in [1.807, 2.05) is 6.07 Å². The molecule has 17 heavy (non-hydrogen) atoms. The Kier molecular flexibility index (Phi) is 3.32. The van der Waals surface area contributed by atoms with Crippen LogP contribution in [0.25, 0.3) is 0 Å². The first-order valence-corrected chi connectivity index (χ1v) is 5.64. The van der Waals surface area contributed by atoms with Gasteiger partial charge in [-0.1, -0.05) is 11.6 Å². The number of nitrogens with zero attached hydrogens (tertiary/aromatic N) is 2. The molecule has 1 aromatic carbocycles. The number of carbonyl (C=O) groups is 1. The smallest absolute Gasteiger partial charge is 0.227 e. The van der Waals surface area contributed by atoms with Crippen LogP contribution in [0.5, 0.6) is 0 Å². The molecule has 1 atom stereocenters. The van der Waals surface area contributed by atoms with Crippen molar-refractivity contribution in [3.63, 3.8) is 0 Å². The molecule has 1 unspecified atom stereocenters. The minimum atomic E-state index is -0.0233. The summed E-state index contributed by atoms with van der Waals surface area (Å²) in [6, 6.07) is 6.87. The lowest BCUT2D eigenvalue weighted by Gasteiger charge is -2.16. The van der Waals surface area contributed by atoms with E-state index in [2.05, 4.69) is 0 Å². The maximum Gasteiger partial charge on any atom is 0.227 e. The molecule has 0 saturated carbocycles. The summed E-state index contributed by atoms with van der Waals surface area (Å²) >= 11 is 5.92. The molecule has 4 nitrogen and oxygen atoms in total. The van der Waals surface area contributed by atoms with Gasteiger partial charge in [-0.2, -0.15) is 5.26 Å². The molecule has 1 aliphatic rings. The molecule has 0 aromatic heterocycles. The van der Waals surface area contributed by atoms with Gasteiger partial charge in [0, 0.05) is 31.2 Å². The van der Waals surface area contributed by atoms with Crippen molar-refractivity contribution < 1.29 is 9.90 Å². The van der Waals surface area contributed by atoms with Gasteiger partial charge in [0.2, 0.25) is 5.91 Å². The van der Waals surface area contributed by atoms with Crippen LogP contribution in [-0.4, -0.2) is 24.2 Å². The number of anilines is 1. The highest BCUT2D eigenvalue weighted by Gasteiger charge is 2.30. The Labute approximate surface area is 104 Å². The van der Waals surface area contributed by atoms with Gasteiger partial charge in [-0.15, -0.1) is 0 Å². The van der Waals surface area contributed by atoms with Gasteiger partial charge in [-0.25, -0.2) is 0 Å². The van der Waals surface area contributed by atoms with E-state index in [-0.39, 0.29) is 18.4 Å². The Morgan fingerprint density at radius 3 is 2.88 bits per heavy atom. The molecule has 1 aliphatic heterocycles. The van der Waals surface area contributed by atoms with Crippen LogP contribution in [0.1, 0.15) is 12.0 Å². The Hall–Kier alpha value is -1.57. The fourth-order valence-electron chi connectivity index (χ4n) is 1.92. The van der Waals surface area contributed by atoms with E-state index in [0.717, 1.165) is 0 Å². The fourth-order valence-corrected chi connectivity index (χ4v) is 2.13. The second kappa shape index (κ2) is 4.74. The number of hydrogen-bond donors (Lipinski definition) is 1. The number of nitriles is 1. The molecule has 0 aliphatic carbocycles. The molecule has 1 amide bonds. The summed E-state index contributed by atoms with van der Waals surface area (Å²) in [5.74, 6) is -0.0401. The molecule has 5 heteroatoms. The summed E-state index contributed by atoms with van der Waals surface area (Å²) in [6.45, 7) is 0.504. The number of carbonyl (C=O) groups excluding carboxylic acids is 1. The van der Waals surface area contributed by atoms with Crippen LogP contribution in [0.4, 0.5) is 5.69 Å². The first-order chi connectivity index (χ1) is 8.15. The highest BCUT2D eigenvalue weighted by Crippen LogP contribution is 2.28. The maximum absolute atomic E-state index is 11.7. The van der Waals surface area contributed by atoms with Crippen molar-refractivity contribution in [3.8, 4) is 6.07 Å². The number of rotatable bonds is 2. The highest BCUT2D eigenvalue weighted by atomic mass is 35.5. The third-order valence-corrected chi connectivity index (χ3v) is 3.16. The largest absolute Gasteiger partial charge is 0.396 e. The predicted molar refractivity (Wildman–Crippen MR) is 63.7 cm³/mol. The van der Waals surface area contributed by atoms with Crippen molar-refractivity contribution in [1.82, 2.24) is 0 Å². The molecule has 88 valence electrons. The molecule has 1 saturated heterocycles. The molecule has 1 heterocycles. The monoisotopic (exact) mass is 250 g/mol. The van der Waals surface area contributed by atoms with Gasteiger partial charge in [0.25, 0.3) is 0 Å². The molecular weight excluding hydrogens is 240 g/mol. The van der Waals surface area contributed by atoms with Gasteiger partial charge in [-0.05, 0) is 18.2 Å². The Balaban J connectivity index is 2.27. The van der Waals surface area contributed by atoms with Crippen LogP contribution in [0.2, 0.25) is 5.02 Å². The van der Waals surface area contributed by atoms with E-state index in [1.165, 1.54) is 0 Å². The predicted octanol–water partition coefficient (Wildman–Crippen LogP) is 1.56.